The number of ether oxygens (including phenoxy) is 1. The Morgan fingerprint density at radius 3 is 2.37 bits per heavy atom. The molecule has 19 heavy (non-hydrogen) atoms. The lowest BCUT2D eigenvalue weighted by Crippen LogP contribution is -2.06. The highest BCUT2D eigenvalue weighted by atomic mass is 19.4. The van der Waals surface area contributed by atoms with Gasteiger partial charge in [0, 0.05) is 11.8 Å². The zero-order chi connectivity index (χ0) is 14.0. The minimum absolute atomic E-state index is 0.236. The maximum absolute atomic E-state index is 12.8. The second kappa shape index (κ2) is 4.84. The molecule has 0 aliphatic carbocycles. The molecule has 100 valence electrons. The number of anilines is 1. The normalized spacial score (nSPS) is 11.4. The molecule has 0 fully saturated rings. The average molecular weight is 267 g/mol. The maximum atomic E-state index is 12.8. The van der Waals surface area contributed by atoms with Crippen molar-refractivity contribution in [2.45, 2.75) is 13.1 Å². The molecule has 0 saturated carbocycles. The summed E-state index contributed by atoms with van der Waals surface area (Å²) in [6, 6.07) is 9.89. The Morgan fingerprint density at radius 1 is 1.05 bits per heavy atom. The van der Waals surface area contributed by atoms with E-state index in [9.17, 15) is 13.2 Å². The lowest BCUT2D eigenvalue weighted by molar-refractivity contribution is -0.138. The summed E-state index contributed by atoms with van der Waals surface area (Å²) in [5.41, 5.74) is 6.09. The van der Waals surface area contributed by atoms with Crippen LogP contribution in [0.1, 0.15) is 11.1 Å². The molecule has 0 atom stereocenters. The highest BCUT2D eigenvalue weighted by Gasteiger charge is 2.34. The van der Waals surface area contributed by atoms with Crippen LogP contribution in [0, 0.1) is 6.92 Å². The fourth-order valence-electron chi connectivity index (χ4n) is 1.75. The molecule has 5 heteroatoms. The van der Waals surface area contributed by atoms with Crippen molar-refractivity contribution in [3.05, 3.63) is 53.6 Å². The Labute approximate surface area is 108 Å². The van der Waals surface area contributed by atoms with Gasteiger partial charge in [0.1, 0.15) is 11.5 Å². The quantitative estimate of drug-likeness (QED) is 0.819. The first-order valence-corrected chi connectivity index (χ1v) is 5.57. The summed E-state index contributed by atoms with van der Waals surface area (Å²) in [5.74, 6) is 0.0502. The molecule has 2 aromatic rings. The van der Waals surface area contributed by atoms with Gasteiger partial charge in [0.2, 0.25) is 0 Å². The van der Waals surface area contributed by atoms with Crippen LogP contribution in [0.2, 0.25) is 0 Å². The van der Waals surface area contributed by atoms with Crippen LogP contribution in [0.15, 0.2) is 42.5 Å². The lowest BCUT2D eigenvalue weighted by Gasteiger charge is -2.14. The van der Waals surface area contributed by atoms with Crippen molar-refractivity contribution in [2.24, 2.45) is 0 Å². The van der Waals surface area contributed by atoms with Gasteiger partial charge in [-0.15, -0.1) is 0 Å². The number of para-hydroxylation sites is 1. The van der Waals surface area contributed by atoms with Gasteiger partial charge in [-0.3, -0.25) is 0 Å². The third-order valence-corrected chi connectivity index (χ3v) is 2.49. The number of hydrogen-bond acceptors (Lipinski definition) is 2. The van der Waals surface area contributed by atoms with Crippen LogP contribution in [0.4, 0.5) is 18.9 Å². The molecule has 0 radical (unpaired) electrons. The zero-order valence-corrected chi connectivity index (χ0v) is 10.2. The zero-order valence-electron chi connectivity index (χ0n) is 10.2. The summed E-state index contributed by atoms with van der Waals surface area (Å²) in [5, 5.41) is 0. The standard InChI is InChI=1S/C14H12F3NO/c1-9-6-10(18)8-11(7-9)19-13-5-3-2-4-12(13)14(15,16)17/h2-8H,18H2,1H3. The summed E-state index contributed by atoms with van der Waals surface area (Å²) in [7, 11) is 0. The average Bonchev–Trinajstić information content (AvgIpc) is 2.26. The minimum atomic E-state index is -4.45. The molecular weight excluding hydrogens is 255 g/mol. The van der Waals surface area contributed by atoms with Gasteiger partial charge in [0.05, 0.1) is 5.56 Å². The van der Waals surface area contributed by atoms with E-state index < -0.39 is 11.7 Å². The highest BCUT2D eigenvalue weighted by Crippen LogP contribution is 2.38. The summed E-state index contributed by atoms with van der Waals surface area (Å²) >= 11 is 0. The third kappa shape index (κ3) is 3.19. The molecule has 0 amide bonds. The topological polar surface area (TPSA) is 35.2 Å². The molecule has 0 bridgehead atoms. The monoisotopic (exact) mass is 267 g/mol. The van der Waals surface area contributed by atoms with E-state index in [1.54, 1.807) is 19.1 Å². The third-order valence-electron chi connectivity index (χ3n) is 2.49. The molecule has 0 aromatic heterocycles. The number of rotatable bonds is 2. The summed E-state index contributed by atoms with van der Waals surface area (Å²) in [6.07, 6.45) is -4.45. The largest absolute Gasteiger partial charge is 0.457 e. The van der Waals surface area contributed by atoms with Gasteiger partial charge >= 0.3 is 6.18 Å². The van der Waals surface area contributed by atoms with E-state index in [4.69, 9.17) is 10.5 Å². The fraction of sp³-hybridized carbons (Fsp3) is 0.143. The summed E-state index contributed by atoms with van der Waals surface area (Å²) in [6.45, 7) is 1.79. The molecule has 0 heterocycles. The number of hydrogen-bond donors (Lipinski definition) is 1. The molecule has 0 aliphatic heterocycles. The van der Waals surface area contributed by atoms with Crippen LogP contribution >= 0.6 is 0 Å². The molecule has 0 unspecified atom stereocenters. The van der Waals surface area contributed by atoms with E-state index in [2.05, 4.69) is 0 Å². The van der Waals surface area contributed by atoms with Crippen molar-refractivity contribution < 1.29 is 17.9 Å². The molecule has 0 aliphatic rings. The first-order valence-electron chi connectivity index (χ1n) is 5.57. The van der Waals surface area contributed by atoms with E-state index in [-0.39, 0.29) is 11.5 Å². The maximum Gasteiger partial charge on any atom is 0.419 e. The van der Waals surface area contributed by atoms with Crippen molar-refractivity contribution in [1.29, 1.82) is 0 Å². The molecule has 2 nitrogen and oxygen atoms in total. The SMILES string of the molecule is Cc1cc(N)cc(Oc2ccccc2C(F)(F)F)c1. The number of aryl methyl sites for hydroxylation is 1. The number of nitrogen functional groups attached to an aromatic ring is 1. The predicted molar refractivity (Wildman–Crippen MR) is 67.1 cm³/mol. The number of nitrogens with two attached hydrogens (primary N) is 1. The Balaban J connectivity index is 2.38. The van der Waals surface area contributed by atoms with Gasteiger partial charge in [-0.05, 0) is 36.8 Å². The van der Waals surface area contributed by atoms with Gasteiger partial charge in [-0.25, -0.2) is 0 Å². The summed E-state index contributed by atoms with van der Waals surface area (Å²) < 4.78 is 43.7. The molecule has 2 rings (SSSR count). The van der Waals surface area contributed by atoms with E-state index >= 15 is 0 Å². The second-order valence-corrected chi connectivity index (χ2v) is 4.18. The van der Waals surface area contributed by atoms with Crippen molar-refractivity contribution in [2.75, 3.05) is 5.73 Å². The number of alkyl halides is 3. The minimum Gasteiger partial charge on any atom is -0.457 e. The van der Waals surface area contributed by atoms with Crippen LogP contribution < -0.4 is 10.5 Å². The van der Waals surface area contributed by atoms with Crippen LogP contribution in [0.3, 0.4) is 0 Å². The van der Waals surface area contributed by atoms with Gasteiger partial charge in [0.25, 0.3) is 0 Å². The molecule has 0 spiro atoms. The van der Waals surface area contributed by atoms with E-state index in [0.29, 0.717) is 5.69 Å². The Morgan fingerprint density at radius 2 is 1.74 bits per heavy atom. The van der Waals surface area contributed by atoms with E-state index in [0.717, 1.165) is 11.6 Å². The molecule has 2 N–H and O–H groups in total. The molecule has 0 saturated heterocycles. The van der Waals surface area contributed by atoms with Crippen LogP contribution in [0.25, 0.3) is 0 Å². The highest BCUT2D eigenvalue weighted by molar-refractivity contribution is 5.49. The van der Waals surface area contributed by atoms with Crippen molar-refractivity contribution in [3.63, 3.8) is 0 Å². The fourth-order valence-corrected chi connectivity index (χ4v) is 1.75. The first kappa shape index (κ1) is 13.3. The van der Waals surface area contributed by atoms with Gasteiger partial charge < -0.3 is 10.5 Å². The smallest absolute Gasteiger partial charge is 0.419 e. The predicted octanol–water partition coefficient (Wildman–Crippen LogP) is 4.39. The van der Waals surface area contributed by atoms with Crippen molar-refractivity contribution >= 4 is 5.69 Å². The second-order valence-electron chi connectivity index (χ2n) is 4.18. The number of benzene rings is 2. The number of halogens is 3. The first-order chi connectivity index (χ1) is 8.86. The molecule has 2 aromatic carbocycles. The van der Waals surface area contributed by atoms with Gasteiger partial charge in [-0.2, -0.15) is 13.2 Å². The van der Waals surface area contributed by atoms with Crippen LogP contribution in [0.5, 0.6) is 11.5 Å². The van der Waals surface area contributed by atoms with Gasteiger partial charge in [-0.1, -0.05) is 12.1 Å². The lowest BCUT2D eigenvalue weighted by atomic mass is 10.2. The Kier molecular flexibility index (Phi) is 3.38. The molecular formula is C14H12F3NO. The van der Waals surface area contributed by atoms with Crippen LogP contribution in [-0.4, -0.2) is 0 Å². The Bertz CT molecular complexity index is 573. The van der Waals surface area contributed by atoms with Gasteiger partial charge in [0.15, 0.2) is 0 Å². The van der Waals surface area contributed by atoms with E-state index in [1.165, 1.54) is 24.3 Å². The van der Waals surface area contributed by atoms with Crippen molar-refractivity contribution in [3.8, 4) is 11.5 Å². The van der Waals surface area contributed by atoms with Crippen LogP contribution in [-0.2, 0) is 6.18 Å². The van der Waals surface area contributed by atoms with E-state index in [1.807, 2.05) is 0 Å². The summed E-state index contributed by atoms with van der Waals surface area (Å²) in [4.78, 5) is 0. The Hall–Kier alpha value is -2.17. The van der Waals surface area contributed by atoms with Crippen molar-refractivity contribution in [1.82, 2.24) is 0 Å².